The van der Waals surface area contributed by atoms with Crippen LogP contribution in [0.5, 0.6) is 11.5 Å². The SMILES string of the molecule is O=C(c1ccc2c(c1)OCCO2)c1ncn[nH]1. The monoisotopic (exact) mass is 231 g/mol. The molecule has 0 saturated heterocycles. The number of hydrogen-bond acceptors (Lipinski definition) is 5. The molecule has 0 saturated carbocycles. The van der Waals surface area contributed by atoms with Crippen molar-refractivity contribution in [3.8, 4) is 11.5 Å². The number of nitrogens with zero attached hydrogens (tertiary/aromatic N) is 2. The fraction of sp³-hybridized carbons (Fsp3) is 0.182. The second-order valence-corrected chi connectivity index (χ2v) is 3.52. The van der Waals surface area contributed by atoms with Crippen LogP contribution in [0.1, 0.15) is 16.2 Å². The normalized spacial score (nSPS) is 13.4. The Morgan fingerprint density at radius 2 is 2.06 bits per heavy atom. The maximum absolute atomic E-state index is 12.0. The van der Waals surface area contributed by atoms with Crippen LogP contribution in [-0.4, -0.2) is 34.2 Å². The van der Waals surface area contributed by atoms with Crippen LogP contribution in [0.2, 0.25) is 0 Å². The zero-order valence-corrected chi connectivity index (χ0v) is 8.84. The zero-order valence-electron chi connectivity index (χ0n) is 8.84. The van der Waals surface area contributed by atoms with Gasteiger partial charge in [0.05, 0.1) is 0 Å². The van der Waals surface area contributed by atoms with Gasteiger partial charge in [-0.25, -0.2) is 4.98 Å². The quantitative estimate of drug-likeness (QED) is 0.774. The Morgan fingerprint density at radius 3 is 2.82 bits per heavy atom. The van der Waals surface area contributed by atoms with Crippen molar-refractivity contribution in [2.45, 2.75) is 0 Å². The van der Waals surface area contributed by atoms with E-state index in [0.29, 0.717) is 30.3 Å². The Kier molecular flexibility index (Phi) is 2.25. The fourth-order valence-corrected chi connectivity index (χ4v) is 1.64. The number of ketones is 1. The van der Waals surface area contributed by atoms with E-state index in [2.05, 4.69) is 15.2 Å². The molecular formula is C11H9N3O3. The molecule has 86 valence electrons. The first-order valence-corrected chi connectivity index (χ1v) is 5.14. The van der Waals surface area contributed by atoms with Crippen molar-refractivity contribution in [3.05, 3.63) is 35.9 Å². The van der Waals surface area contributed by atoms with Crippen LogP contribution in [0.3, 0.4) is 0 Å². The number of carbonyl (C=O) groups is 1. The topological polar surface area (TPSA) is 77.1 Å². The van der Waals surface area contributed by atoms with Gasteiger partial charge < -0.3 is 9.47 Å². The van der Waals surface area contributed by atoms with Crippen molar-refractivity contribution in [2.75, 3.05) is 13.2 Å². The summed E-state index contributed by atoms with van der Waals surface area (Å²) in [7, 11) is 0. The van der Waals surface area contributed by atoms with Gasteiger partial charge in [-0.05, 0) is 18.2 Å². The van der Waals surface area contributed by atoms with Crippen LogP contribution in [-0.2, 0) is 0 Å². The number of H-pyrrole nitrogens is 1. The van der Waals surface area contributed by atoms with Gasteiger partial charge in [0.15, 0.2) is 17.3 Å². The van der Waals surface area contributed by atoms with Crippen molar-refractivity contribution >= 4 is 5.78 Å². The van der Waals surface area contributed by atoms with Gasteiger partial charge in [0.25, 0.3) is 0 Å². The highest BCUT2D eigenvalue weighted by Gasteiger charge is 2.17. The van der Waals surface area contributed by atoms with Crippen LogP contribution in [0.4, 0.5) is 0 Å². The average Bonchev–Trinajstić information content (AvgIpc) is 2.91. The standard InChI is InChI=1S/C11H9N3O3/c15-10(11-12-6-13-14-11)7-1-2-8-9(5-7)17-4-3-16-8/h1-2,5-6H,3-4H2,(H,12,13,14). The van der Waals surface area contributed by atoms with Gasteiger partial charge in [0.2, 0.25) is 5.78 Å². The number of benzene rings is 1. The number of hydrogen-bond donors (Lipinski definition) is 1. The minimum absolute atomic E-state index is 0.210. The molecule has 2 heterocycles. The number of nitrogens with one attached hydrogen (secondary N) is 1. The Bertz CT molecular complexity index is 551. The summed E-state index contributed by atoms with van der Waals surface area (Å²) in [4.78, 5) is 15.8. The maximum atomic E-state index is 12.0. The van der Waals surface area contributed by atoms with Gasteiger partial charge in [-0.1, -0.05) is 0 Å². The van der Waals surface area contributed by atoms with Crippen LogP contribution >= 0.6 is 0 Å². The molecule has 0 aliphatic carbocycles. The smallest absolute Gasteiger partial charge is 0.229 e. The molecule has 6 heteroatoms. The molecule has 1 N–H and O–H groups in total. The van der Waals surface area contributed by atoms with E-state index < -0.39 is 0 Å². The number of aromatic nitrogens is 3. The van der Waals surface area contributed by atoms with Gasteiger partial charge in [0.1, 0.15) is 19.5 Å². The van der Waals surface area contributed by atoms with E-state index in [9.17, 15) is 4.79 Å². The number of fused-ring (bicyclic) bond motifs is 1. The lowest BCUT2D eigenvalue weighted by molar-refractivity contribution is 0.102. The second kappa shape index (κ2) is 3.89. The summed E-state index contributed by atoms with van der Waals surface area (Å²) in [5, 5.41) is 6.18. The summed E-state index contributed by atoms with van der Waals surface area (Å²) in [6.45, 7) is 1.02. The maximum Gasteiger partial charge on any atom is 0.229 e. The third-order valence-electron chi connectivity index (χ3n) is 2.43. The van der Waals surface area contributed by atoms with Crippen molar-refractivity contribution in [2.24, 2.45) is 0 Å². The van der Waals surface area contributed by atoms with Crippen molar-refractivity contribution in [1.29, 1.82) is 0 Å². The molecule has 0 bridgehead atoms. The summed E-state index contributed by atoms with van der Waals surface area (Å²) in [5.41, 5.74) is 0.492. The molecule has 0 fully saturated rings. The summed E-state index contributed by atoms with van der Waals surface area (Å²) in [5.74, 6) is 1.23. The molecule has 17 heavy (non-hydrogen) atoms. The van der Waals surface area contributed by atoms with E-state index in [1.807, 2.05) is 0 Å². The van der Waals surface area contributed by atoms with Crippen molar-refractivity contribution in [1.82, 2.24) is 15.2 Å². The third-order valence-corrected chi connectivity index (χ3v) is 2.43. The van der Waals surface area contributed by atoms with Crippen molar-refractivity contribution in [3.63, 3.8) is 0 Å². The van der Waals surface area contributed by atoms with Crippen LogP contribution < -0.4 is 9.47 Å². The van der Waals surface area contributed by atoms with Crippen LogP contribution in [0.25, 0.3) is 0 Å². The molecule has 1 aliphatic heterocycles. The summed E-state index contributed by atoms with van der Waals surface area (Å²) < 4.78 is 10.8. The molecule has 0 radical (unpaired) electrons. The fourth-order valence-electron chi connectivity index (χ4n) is 1.64. The van der Waals surface area contributed by atoms with E-state index >= 15 is 0 Å². The first kappa shape index (κ1) is 9.83. The minimum Gasteiger partial charge on any atom is -0.486 e. The predicted octanol–water partition coefficient (Wildman–Crippen LogP) is 0.807. The predicted molar refractivity (Wildman–Crippen MR) is 57.2 cm³/mol. The van der Waals surface area contributed by atoms with E-state index in [4.69, 9.17) is 9.47 Å². The Labute approximate surface area is 96.6 Å². The molecule has 3 rings (SSSR count). The molecular weight excluding hydrogens is 222 g/mol. The molecule has 0 unspecified atom stereocenters. The Balaban J connectivity index is 1.96. The second-order valence-electron chi connectivity index (χ2n) is 3.52. The molecule has 1 aliphatic rings. The number of rotatable bonds is 2. The van der Waals surface area contributed by atoms with Crippen LogP contribution in [0.15, 0.2) is 24.5 Å². The van der Waals surface area contributed by atoms with E-state index in [0.717, 1.165) is 0 Å². The van der Waals surface area contributed by atoms with Gasteiger partial charge in [-0.3, -0.25) is 9.89 Å². The van der Waals surface area contributed by atoms with E-state index in [1.165, 1.54) is 6.33 Å². The van der Waals surface area contributed by atoms with Crippen molar-refractivity contribution < 1.29 is 14.3 Å². The number of ether oxygens (including phenoxy) is 2. The third kappa shape index (κ3) is 1.73. The molecule has 2 aromatic rings. The summed E-state index contributed by atoms with van der Waals surface area (Å²) in [6.07, 6.45) is 1.30. The van der Waals surface area contributed by atoms with E-state index in [1.54, 1.807) is 18.2 Å². The lowest BCUT2D eigenvalue weighted by Gasteiger charge is -2.18. The molecule has 0 spiro atoms. The molecule has 1 aromatic carbocycles. The van der Waals surface area contributed by atoms with Gasteiger partial charge >= 0.3 is 0 Å². The lowest BCUT2D eigenvalue weighted by atomic mass is 10.1. The highest BCUT2D eigenvalue weighted by molar-refractivity contribution is 6.06. The van der Waals surface area contributed by atoms with Gasteiger partial charge in [-0.2, -0.15) is 5.10 Å². The molecule has 6 nitrogen and oxygen atoms in total. The highest BCUT2D eigenvalue weighted by Crippen LogP contribution is 2.31. The molecule has 1 aromatic heterocycles. The minimum atomic E-state index is -0.223. The summed E-state index contributed by atoms with van der Waals surface area (Å²) >= 11 is 0. The lowest BCUT2D eigenvalue weighted by Crippen LogP contribution is -2.16. The van der Waals surface area contributed by atoms with E-state index in [-0.39, 0.29) is 11.6 Å². The first-order chi connectivity index (χ1) is 8.34. The number of aromatic amines is 1. The Hall–Kier alpha value is -2.37. The largest absolute Gasteiger partial charge is 0.486 e. The summed E-state index contributed by atoms with van der Waals surface area (Å²) in [6, 6.07) is 5.05. The highest BCUT2D eigenvalue weighted by atomic mass is 16.6. The zero-order chi connectivity index (χ0) is 11.7. The molecule has 0 amide bonds. The average molecular weight is 231 g/mol. The number of carbonyl (C=O) groups excluding carboxylic acids is 1. The first-order valence-electron chi connectivity index (χ1n) is 5.14. The Morgan fingerprint density at radius 1 is 1.24 bits per heavy atom. The van der Waals surface area contributed by atoms with Gasteiger partial charge in [-0.15, -0.1) is 0 Å². The van der Waals surface area contributed by atoms with Gasteiger partial charge in [0, 0.05) is 5.56 Å². The molecule has 0 atom stereocenters. The van der Waals surface area contributed by atoms with Crippen LogP contribution in [0, 0.1) is 0 Å².